The number of rotatable bonds is 4. The predicted octanol–water partition coefficient (Wildman–Crippen LogP) is 6.56. The van der Waals surface area contributed by atoms with Crippen molar-refractivity contribution in [1.82, 2.24) is 19.8 Å². The van der Waals surface area contributed by atoms with Crippen LogP contribution in [0.3, 0.4) is 0 Å². The average molecular weight is 510 g/mol. The summed E-state index contributed by atoms with van der Waals surface area (Å²) in [4.78, 5) is 7.22. The number of aromatic nitrogens is 2. The molecule has 0 radical (unpaired) electrons. The molecule has 32 heavy (non-hydrogen) atoms. The average Bonchev–Trinajstić information content (AvgIpc) is 3.31. The summed E-state index contributed by atoms with van der Waals surface area (Å²) in [6, 6.07) is 17.7. The number of halogens is 1. The molecule has 0 unspecified atom stereocenters. The number of thiocarbonyl (C=S) groups is 1. The topological polar surface area (TPSA) is 33.1 Å². The monoisotopic (exact) mass is 508 g/mol. The third kappa shape index (κ3) is 3.88. The van der Waals surface area contributed by atoms with E-state index < -0.39 is 0 Å². The van der Waals surface area contributed by atoms with Gasteiger partial charge in [-0.25, -0.2) is 0 Å². The minimum Gasteiger partial charge on any atom is -0.352 e. The minimum atomic E-state index is 0.0458. The molecule has 0 spiro atoms. The van der Waals surface area contributed by atoms with E-state index in [9.17, 15) is 0 Å². The van der Waals surface area contributed by atoms with Crippen LogP contribution in [0.25, 0.3) is 5.69 Å². The second-order valence-electron chi connectivity index (χ2n) is 8.96. The predicted molar refractivity (Wildman–Crippen MR) is 137 cm³/mol. The van der Waals surface area contributed by atoms with Crippen molar-refractivity contribution >= 4 is 33.3 Å². The zero-order chi connectivity index (χ0) is 22.2. The summed E-state index contributed by atoms with van der Waals surface area (Å²) < 4.78 is 3.45. The van der Waals surface area contributed by atoms with Gasteiger partial charge in [0.25, 0.3) is 0 Å². The van der Waals surface area contributed by atoms with E-state index in [0.717, 1.165) is 15.3 Å². The van der Waals surface area contributed by atoms with Crippen molar-refractivity contribution in [2.75, 3.05) is 0 Å². The van der Waals surface area contributed by atoms with E-state index in [0.29, 0.717) is 6.04 Å². The van der Waals surface area contributed by atoms with Crippen LogP contribution in [0, 0.1) is 13.8 Å². The van der Waals surface area contributed by atoms with E-state index in [-0.39, 0.29) is 12.1 Å². The molecular formula is C26H29BrN4S. The lowest BCUT2D eigenvalue weighted by Gasteiger charge is -2.37. The largest absolute Gasteiger partial charge is 0.352 e. The third-order valence-corrected chi connectivity index (χ3v) is 7.83. The quantitative estimate of drug-likeness (QED) is 0.404. The molecule has 0 bridgehead atoms. The van der Waals surface area contributed by atoms with Crippen LogP contribution in [0.5, 0.6) is 0 Å². The number of nitrogens with one attached hydrogen (secondary N) is 1. The second-order valence-corrected chi connectivity index (χ2v) is 10.3. The fraction of sp³-hybridized carbons (Fsp3) is 0.385. The van der Waals surface area contributed by atoms with Crippen LogP contribution in [-0.2, 0) is 0 Å². The molecule has 2 aliphatic rings. The minimum absolute atomic E-state index is 0.0458. The number of hydrogen-bond acceptors (Lipinski definition) is 2. The van der Waals surface area contributed by atoms with E-state index >= 15 is 0 Å². The molecule has 1 N–H and O–H groups in total. The Morgan fingerprint density at radius 1 is 1.03 bits per heavy atom. The lowest BCUT2D eigenvalue weighted by atomic mass is 9.90. The molecule has 4 nitrogen and oxygen atoms in total. The Balaban J connectivity index is 1.62. The fourth-order valence-electron chi connectivity index (χ4n) is 5.53. The van der Waals surface area contributed by atoms with E-state index in [1.165, 1.54) is 54.7 Å². The molecule has 1 aliphatic carbocycles. The van der Waals surface area contributed by atoms with Crippen molar-refractivity contribution < 1.29 is 0 Å². The van der Waals surface area contributed by atoms with Crippen molar-refractivity contribution in [2.24, 2.45) is 0 Å². The van der Waals surface area contributed by atoms with Gasteiger partial charge in [0, 0.05) is 33.8 Å². The van der Waals surface area contributed by atoms with Crippen LogP contribution in [0.2, 0.25) is 0 Å². The Hall–Kier alpha value is -2.18. The van der Waals surface area contributed by atoms with Crippen molar-refractivity contribution in [3.05, 3.63) is 81.8 Å². The van der Waals surface area contributed by atoms with Crippen LogP contribution < -0.4 is 5.32 Å². The summed E-state index contributed by atoms with van der Waals surface area (Å²) in [6.07, 6.45) is 8.19. The summed E-state index contributed by atoms with van der Waals surface area (Å²) in [5, 5.41) is 4.52. The Morgan fingerprint density at radius 2 is 1.78 bits per heavy atom. The van der Waals surface area contributed by atoms with Gasteiger partial charge in [-0.05, 0) is 86.9 Å². The Kier molecular flexibility index (Phi) is 6.08. The molecular weight excluding hydrogens is 480 g/mol. The molecule has 5 rings (SSSR count). The van der Waals surface area contributed by atoms with Crippen molar-refractivity contribution in [3.63, 3.8) is 0 Å². The van der Waals surface area contributed by atoms with Crippen LogP contribution >= 0.6 is 28.1 Å². The van der Waals surface area contributed by atoms with Crippen LogP contribution in [0.1, 0.15) is 66.8 Å². The second kappa shape index (κ2) is 8.99. The molecule has 166 valence electrons. The van der Waals surface area contributed by atoms with Gasteiger partial charge < -0.3 is 14.8 Å². The number of benzene rings is 1. The molecule has 1 aromatic carbocycles. The highest BCUT2D eigenvalue weighted by molar-refractivity contribution is 9.10. The van der Waals surface area contributed by atoms with Gasteiger partial charge in [-0.15, -0.1) is 0 Å². The Labute approximate surface area is 204 Å². The molecule has 0 amide bonds. The maximum atomic E-state index is 5.94. The van der Waals surface area contributed by atoms with E-state index in [4.69, 9.17) is 17.2 Å². The Morgan fingerprint density at radius 3 is 2.47 bits per heavy atom. The lowest BCUT2D eigenvalue weighted by molar-refractivity contribution is 0.197. The van der Waals surface area contributed by atoms with Crippen molar-refractivity contribution in [3.8, 4) is 5.69 Å². The number of aryl methyl sites for hydroxylation is 1. The summed E-state index contributed by atoms with van der Waals surface area (Å²) in [6.45, 7) is 4.43. The van der Waals surface area contributed by atoms with Gasteiger partial charge in [-0.1, -0.05) is 41.3 Å². The zero-order valence-corrected chi connectivity index (χ0v) is 21.0. The van der Waals surface area contributed by atoms with Gasteiger partial charge in [0.15, 0.2) is 5.11 Å². The third-order valence-electron chi connectivity index (χ3n) is 6.98. The molecule has 2 atom stereocenters. The standard InChI is InChI=1S/C26H29BrN4S/c1-17-16-22(18(2)30(17)21-13-11-19(27)12-14-21)25-24(23-10-6-7-15-28-23)29-26(32)31(25)20-8-4-3-5-9-20/h6-7,10-16,20,24-25H,3-5,8-9H2,1-2H3,(H,29,32)/t24-,25-/m0/s1. The maximum Gasteiger partial charge on any atom is 0.170 e. The number of pyridine rings is 1. The first kappa shape index (κ1) is 21.7. The molecule has 3 heterocycles. The molecule has 1 saturated heterocycles. The molecule has 1 saturated carbocycles. The van der Waals surface area contributed by atoms with Gasteiger partial charge in [0.1, 0.15) is 0 Å². The van der Waals surface area contributed by atoms with Gasteiger partial charge in [0.05, 0.1) is 17.8 Å². The van der Waals surface area contributed by atoms with Gasteiger partial charge >= 0.3 is 0 Å². The SMILES string of the molecule is Cc1cc([C@H]2[C@H](c3ccccn3)NC(=S)N2C2CCCCC2)c(C)n1-c1ccc(Br)cc1. The fourth-order valence-corrected chi connectivity index (χ4v) is 6.18. The summed E-state index contributed by atoms with van der Waals surface area (Å²) in [5.74, 6) is 0. The molecule has 3 aromatic rings. The first-order chi connectivity index (χ1) is 15.5. The van der Waals surface area contributed by atoms with Gasteiger partial charge in [-0.3, -0.25) is 4.98 Å². The Bertz CT molecular complexity index is 1100. The van der Waals surface area contributed by atoms with Crippen molar-refractivity contribution in [1.29, 1.82) is 0 Å². The summed E-state index contributed by atoms with van der Waals surface area (Å²) >= 11 is 9.50. The first-order valence-corrected chi connectivity index (χ1v) is 12.7. The van der Waals surface area contributed by atoms with E-state index in [1.807, 2.05) is 12.3 Å². The van der Waals surface area contributed by atoms with Gasteiger partial charge in [-0.2, -0.15) is 0 Å². The van der Waals surface area contributed by atoms with E-state index in [2.05, 4.69) is 87.0 Å². The molecule has 2 fully saturated rings. The molecule has 2 aromatic heterocycles. The summed E-state index contributed by atoms with van der Waals surface area (Å²) in [5.41, 5.74) is 6.07. The number of hydrogen-bond donors (Lipinski definition) is 1. The maximum absolute atomic E-state index is 5.94. The summed E-state index contributed by atoms with van der Waals surface area (Å²) in [7, 11) is 0. The van der Waals surface area contributed by atoms with E-state index in [1.54, 1.807) is 0 Å². The molecule has 6 heteroatoms. The highest BCUT2D eigenvalue weighted by Crippen LogP contribution is 2.44. The van der Waals surface area contributed by atoms with Crippen LogP contribution in [0.15, 0.2) is 59.2 Å². The highest BCUT2D eigenvalue weighted by Gasteiger charge is 2.44. The first-order valence-electron chi connectivity index (χ1n) is 11.5. The highest BCUT2D eigenvalue weighted by atomic mass is 79.9. The normalized spacial score (nSPS) is 21.7. The smallest absolute Gasteiger partial charge is 0.170 e. The zero-order valence-electron chi connectivity index (χ0n) is 18.6. The van der Waals surface area contributed by atoms with Gasteiger partial charge in [0.2, 0.25) is 0 Å². The van der Waals surface area contributed by atoms with Crippen molar-refractivity contribution in [2.45, 2.75) is 64.1 Å². The lowest BCUT2D eigenvalue weighted by Crippen LogP contribution is -2.40. The van der Waals surface area contributed by atoms with Crippen LogP contribution in [-0.4, -0.2) is 25.6 Å². The van der Waals surface area contributed by atoms with Crippen LogP contribution in [0.4, 0.5) is 0 Å². The molecule has 1 aliphatic heterocycles. The number of nitrogens with zero attached hydrogens (tertiary/aromatic N) is 3.